The third-order valence-electron chi connectivity index (χ3n) is 4.18. The summed E-state index contributed by atoms with van der Waals surface area (Å²) in [6, 6.07) is 0.452. The Morgan fingerprint density at radius 2 is 1.81 bits per heavy atom. The summed E-state index contributed by atoms with van der Waals surface area (Å²) >= 11 is 0. The van der Waals surface area contributed by atoms with E-state index in [1.54, 1.807) is 0 Å². The van der Waals surface area contributed by atoms with Crippen LogP contribution in [0.5, 0.6) is 0 Å². The molecule has 0 radical (unpaired) electrons. The minimum absolute atomic E-state index is 0.452. The molecule has 3 nitrogen and oxygen atoms in total. The molecule has 3 heteroatoms. The van der Waals surface area contributed by atoms with E-state index in [2.05, 4.69) is 10.2 Å². The molecule has 1 aliphatic carbocycles. The van der Waals surface area contributed by atoms with Crippen LogP contribution in [0.15, 0.2) is 0 Å². The van der Waals surface area contributed by atoms with E-state index >= 15 is 0 Å². The molecular formula is C13H27N3. The van der Waals surface area contributed by atoms with Crippen molar-refractivity contribution in [2.75, 3.05) is 32.7 Å². The molecule has 16 heavy (non-hydrogen) atoms. The van der Waals surface area contributed by atoms with Crippen LogP contribution >= 0.6 is 0 Å². The van der Waals surface area contributed by atoms with Crippen molar-refractivity contribution in [1.29, 1.82) is 0 Å². The average Bonchev–Trinajstić information content (AvgIpc) is 2.79. The highest BCUT2D eigenvalue weighted by Crippen LogP contribution is 2.22. The van der Waals surface area contributed by atoms with Crippen molar-refractivity contribution < 1.29 is 0 Å². The second-order valence-electron chi connectivity index (χ2n) is 5.46. The van der Waals surface area contributed by atoms with Crippen molar-refractivity contribution in [2.45, 2.75) is 44.6 Å². The summed E-state index contributed by atoms with van der Waals surface area (Å²) in [6.07, 6.45) is 8.08. The highest BCUT2D eigenvalue weighted by atomic mass is 15.1. The van der Waals surface area contributed by atoms with Gasteiger partial charge in [-0.2, -0.15) is 0 Å². The number of rotatable bonds is 5. The van der Waals surface area contributed by atoms with E-state index in [4.69, 9.17) is 5.73 Å². The van der Waals surface area contributed by atoms with Gasteiger partial charge in [0.2, 0.25) is 0 Å². The molecule has 0 bridgehead atoms. The van der Waals surface area contributed by atoms with Gasteiger partial charge in [0.05, 0.1) is 0 Å². The zero-order chi connectivity index (χ0) is 11.2. The normalized spacial score (nSPS) is 32.1. The van der Waals surface area contributed by atoms with Crippen LogP contribution in [-0.4, -0.2) is 43.7 Å². The third kappa shape index (κ3) is 3.72. The fourth-order valence-electron chi connectivity index (χ4n) is 3.02. The van der Waals surface area contributed by atoms with Gasteiger partial charge in [-0.3, -0.25) is 0 Å². The molecule has 2 atom stereocenters. The van der Waals surface area contributed by atoms with Gasteiger partial charge in [0.1, 0.15) is 0 Å². The maximum Gasteiger partial charge on any atom is 0.0107 e. The predicted octanol–water partition coefficient (Wildman–Crippen LogP) is 1.19. The second-order valence-corrected chi connectivity index (χ2v) is 5.46. The Hall–Kier alpha value is -0.120. The first kappa shape index (κ1) is 12.3. The summed E-state index contributed by atoms with van der Waals surface area (Å²) in [4.78, 5) is 2.56. The first-order valence-corrected chi connectivity index (χ1v) is 7.05. The summed E-state index contributed by atoms with van der Waals surface area (Å²) in [5.74, 6) is 0.729. The highest BCUT2D eigenvalue weighted by Gasteiger charge is 2.21. The molecule has 2 aliphatic rings. The fraction of sp³-hybridized carbons (Fsp3) is 1.00. The van der Waals surface area contributed by atoms with E-state index in [-0.39, 0.29) is 0 Å². The Bertz CT molecular complexity index is 190. The summed E-state index contributed by atoms with van der Waals surface area (Å²) < 4.78 is 0. The molecule has 3 N–H and O–H groups in total. The van der Waals surface area contributed by atoms with Crippen molar-refractivity contribution in [3.05, 3.63) is 0 Å². The zero-order valence-electron chi connectivity index (χ0n) is 10.5. The van der Waals surface area contributed by atoms with Crippen LogP contribution in [0.3, 0.4) is 0 Å². The lowest BCUT2D eigenvalue weighted by molar-refractivity contribution is 0.284. The van der Waals surface area contributed by atoms with Crippen LogP contribution in [0, 0.1) is 5.92 Å². The van der Waals surface area contributed by atoms with Crippen LogP contribution in [0.1, 0.15) is 38.5 Å². The monoisotopic (exact) mass is 225 g/mol. The van der Waals surface area contributed by atoms with Gasteiger partial charge in [0.15, 0.2) is 0 Å². The summed E-state index contributed by atoms with van der Waals surface area (Å²) in [5.41, 5.74) is 6.13. The van der Waals surface area contributed by atoms with Crippen molar-refractivity contribution in [3.63, 3.8) is 0 Å². The van der Waals surface area contributed by atoms with E-state index in [9.17, 15) is 0 Å². The largest absolute Gasteiger partial charge is 0.327 e. The lowest BCUT2D eigenvalue weighted by atomic mass is 9.85. The molecule has 94 valence electrons. The molecule has 1 heterocycles. The van der Waals surface area contributed by atoms with E-state index in [0.717, 1.165) is 19.0 Å². The Labute approximate surface area is 99.8 Å². The van der Waals surface area contributed by atoms with E-state index in [1.807, 2.05) is 0 Å². The molecule has 2 rings (SSSR count). The van der Waals surface area contributed by atoms with Gasteiger partial charge in [0, 0.05) is 19.1 Å². The molecule has 2 fully saturated rings. The molecule has 0 aromatic heterocycles. The van der Waals surface area contributed by atoms with Crippen LogP contribution in [0.25, 0.3) is 0 Å². The quantitative estimate of drug-likeness (QED) is 0.691. The van der Waals surface area contributed by atoms with Gasteiger partial charge in [-0.25, -0.2) is 0 Å². The minimum atomic E-state index is 0.452. The van der Waals surface area contributed by atoms with Crippen LogP contribution in [-0.2, 0) is 0 Å². The second kappa shape index (κ2) is 6.58. The van der Waals surface area contributed by atoms with Crippen LogP contribution in [0.4, 0.5) is 0 Å². The van der Waals surface area contributed by atoms with Gasteiger partial charge < -0.3 is 16.0 Å². The molecule has 0 spiro atoms. The summed E-state index contributed by atoms with van der Waals surface area (Å²) in [5, 5.41) is 3.59. The Morgan fingerprint density at radius 3 is 2.56 bits per heavy atom. The number of nitrogens with two attached hydrogens (primary N) is 1. The van der Waals surface area contributed by atoms with Gasteiger partial charge >= 0.3 is 0 Å². The van der Waals surface area contributed by atoms with Crippen molar-refractivity contribution in [2.24, 2.45) is 11.7 Å². The highest BCUT2D eigenvalue weighted by molar-refractivity contribution is 4.79. The zero-order valence-corrected chi connectivity index (χ0v) is 10.5. The molecular weight excluding hydrogens is 198 g/mol. The Balaban J connectivity index is 1.53. The summed E-state index contributed by atoms with van der Waals surface area (Å²) in [6.45, 7) is 6.12. The lowest BCUT2D eigenvalue weighted by Crippen LogP contribution is -2.41. The first-order chi connectivity index (χ1) is 7.86. The molecule has 1 saturated heterocycles. The minimum Gasteiger partial charge on any atom is -0.327 e. The van der Waals surface area contributed by atoms with Crippen LogP contribution in [0.2, 0.25) is 0 Å². The van der Waals surface area contributed by atoms with E-state index < -0.39 is 0 Å². The summed E-state index contributed by atoms with van der Waals surface area (Å²) in [7, 11) is 0. The Kier molecular flexibility index (Phi) is 5.07. The molecule has 0 aromatic carbocycles. The number of hydrogen-bond acceptors (Lipinski definition) is 3. The number of hydrogen-bond donors (Lipinski definition) is 2. The van der Waals surface area contributed by atoms with Gasteiger partial charge in [-0.05, 0) is 51.2 Å². The maximum absolute atomic E-state index is 6.13. The Morgan fingerprint density at radius 1 is 1.06 bits per heavy atom. The van der Waals surface area contributed by atoms with Crippen molar-refractivity contribution >= 4 is 0 Å². The van der Waals surface area contributed by atoms with E-state index in [1.165, 1.54) is 58.2 Å². The maximum atomic E-state index is 6.13. The fourth-order valence-corrected chi connectivity index (χ4v) is 3.02. The predicted molar refractivity (Wildman–Crippen MR) is 68.5 cm³/mol. The third-order valence-corrected chi connectivity index (χ3v) is 4.18. The first-order valence-electron chi connectivity index (χ1n) is 7.05. The lowest BCUT2D eigenvalue weighted by Gasteiger charge is -2.29. The van der Waals surface area contributed by atoms with Crippen molar-refractivity contribution in [3.8, 4) is 0 Å². The molecule has 2 unspecified atom stereocenters. The molecule has 0 aromatic rings. The van der Waals surface area contributed by atoms with Crippen molar-refractivity contribution in [1.82, 2.24) is 10.2 Å². The SMILES string of the molecule is NC1CCCCC1CNCCN1CCCC1. The molecule has 1 saturated carbocycles. The van der Waals surface area contributed by atoms with Gasteiger partial charge in [-0.15, -0.1) is 0 Å². The number of likely N-dealkylation sites (tertiary alicyclic amines) is 1. The van der Waals surface area contributed by atoms with Gasteiger partial charge in [-0.1, -0.05) is 12.8 Å². The standard InChI is InChI=1S/C13H27N3/c14-13-6-2-1-5-12(13)11-15-7-10-16-8-3-4-9-16/h12-13,15H,1-11,14H2. The molecule has 0 amide bonds. The van der Waals surface area contributed by atoms with Gasteiger partial charge in [0.25, 0.3) is 0 Å². The molecule has 1 aliphatic heterocycles. The number of nitrogens with zero attached hydrogens (tertiary/aromatic N) is 1. The average molecular weight is 225 g/mol. The van der Waals surface area contributed by atoms with E-state index in [0.29, 0.717) is 6.04 Å². The number of nitrogens with one attached hydrogen (secondary N) is 1. The topological polar surface area (TPSA) is 41.3 Å². The smallest absolute Gasteiger partial charge is 0.0107 e. The van der Waals surface area contributed by atoms with Crippen LogP contribution < -0.4 is 11.1 Å².